The fourth-order valence-electron chi connectivity index (χ4n) is 4.10. The zero-order valence-corrected chi connectivity index (χ0v) is 15.7. The predicted molar refractivity (Wildman–Crippen MR) is 105 cm³/mol. The average Bonchev–Trinajstić information content (AvgIpc) is 3.48. The maximum Gasteiger partial charge on any atom is 0.270 e. The second kappa shape index (κ2) is 7.49. The number of ether oxygens (including phenoxy) is 1. The molecule has 1 saturated heterocycles. The zero-order chi connectivity index (χ0) is 19.7. The Morgan fingerprint density at radius 2 is 2.07 bits per heavy atom. The lowest BCUT2D eigenvalue weighted by Gasteiger charge is -2.30. The van der Waals surface area contributed by atoms with Crippen LogP contribution in [0.5, 0.6) is 5.75 Å². The summed E-state index contributed by atoms with van der Waals surface area (Å²) in [6, 6.07) is 15.5. The van der Waals surface area contributed by atoms with E-state index in [-0.39, 0.29) is 17.8 Å². The van der Waals surface area contributed by atoms with Crippen molar-refractivity contribution in [3.8, 4) is 11.8 Å². The maximum absolute atomic E-state index is 11.0. The third-order valence-electron chi connectivity index (χ3n) is 5.56. The van der Waals surface area contributed by atoms with E-state index in [9.17, 15) is 15.4 Å². The Kier molecular flexibility index (Phi) is 4.88. The van der Waals surface area contributed by atoms with Crippen molar-refractivity contribution in [3.05, 3.63) is 63.7 Å². The van der Waals surface area contributed by atoms with Crippen LogP contribution >= 0.6 is 0 Å². The van der Waals surface area contributed by atoms with Crippen LogP contribution in [0.15, 0.2) is 42.5 Å². The Balaban J connectivity index is 1.64. The minimum absolute atomic E-state index is 0.0718. The van der Waals surface area contributed by atoms with Crippen molar-refractivity contribution < 1.29 is 9.66 Å². The van der Waals surface area contributed by atoms with Crippen LogP contribution in [0.1, 0.15) is 36.4 Å². The van der Waals surface area contributed by atoms with Crippen molar-refractivity contribution in [1.82, 2.24) is 4.90 Å². The largest absolute Gasteiger partial charge is 0.497 e. The van der Waals surface area contributed by atoms with Gasteiger partial charge in [-0.25, -0.2) is 0 Å². The fourth-order valence-corrected chi connectivity index (χ4v) is 4.10. The van der Waals surface area contributed by atoms with Crippen molar-refractivity contribution in [2.24, 2.45) is 0 Å². The van der Waals surface area contributed by atoms with Crippen LogP contribution in [0.2, 0.25) is 0 Å². The fraction of sp³-hybridized carbons (Fsp3) is 0.381. The number of non-ortho nitro benzene ring substituents is 1. The van der Waals surface area contributed by atoms with Gasteiger partial charge in [0.05, 0.1) is 29.3 Å². The van der Waals surface area contributed by atoms with E-state index in [1.807, 2.05) is 12.1 Å². The molecule has 1 aliphatic carbocycles. The molecular formula is C21H22N4O3. The summed E-state index contributed by atoms with van der Waals surface area (Å²) in [5.41, 5.74) is 2.05. The van der Waals surface area contributed by atoms with E-state index >= 15 is 0 Å². The molecule has 0 spiro atoms. The molecule has 7 nitrogen and oxygen atoms in total. The minimum atomic E-state index is -0.478. The van der Waals surface area contributed by atoms with Crippen LogP contribution in [0.3, 0.4) is 0 Å². The first-order valence-electron chi connectivity index (χ1n) is 9.45. The van der Waals surface area contributed by atoms with Crippen molar-refractivity contribution in [2.45, 2.75) is 37.4 Å². The number of nitro groups is 1. The number of hydrogen-bond acceptors (Lipinski definition) is 6. The normalized spacial score (nSPS) is 21.9. The van der Waals surface area contributed by atoms with Crippen molar-refractivity contribution in [2.75, 3.05) is 19.0 Å². The molecule has 144 valence electrons. The van der Waals surface area contributed by atoms with Crippen molar-refractivity contribution >= 4 is 11.4 Å². The highest BCUT2D eigenvalue weighted by Crippen LogP contribution is 2.43. The molecule has 0 radical (unpaired) electrons. The number of hydrogen-bond donors (Lipinski definition) is 1. The molecule has 2 fully saturated rings. The lowest BCUT2D eigenvalue weighted by Crippen LogP contribution is -2.32. The summed E-state index contributed by atoms with van der Waals surface area (Å²) in [6.07, 6.45) is 3.38. The highest BCUT2D eigenvalue weighted by atomic mass is 16.6. The highest BCUT2D eigenvalue weighted by molar-refractivity contribution is 5.62. The first-order valence-corrected chi connectivity index (χ1v) is 9.45. The molecule has 1 aliphatic heterocycles. The van der Waals surface area contributed by atoms with Crippen LogP contribution in [-0.4, -0.2) is 35.6 Å². The van der Waals surface area contributed by atoms with E-state index in [1.165, 1.54) is 30.5 Å². The SMILES string of the molecule is COc1cccc(C2C(Nc3ccc([N+](=O)[O-])cc3C#N)CCN2C2CC2)c1. The molecule has 2 aromatic rings. The Morgan fingerprint density at radius 3 is 2.75 bits per heavy atom. The molecule has 2 unspecified atom stereocenters. The summed E-state index contributed by atoms with van der Waals surface area (Å²) in [7, 11) is 1.66. The molecule has 28 heavy (non-hydrogen) atoms. The molecule has 1 saturated carbocycles. The van der Waals surface area contributed by atoms with E-state index in [1.54, 1.807) is 13.2 Å². The van der Waals surface area contributed by atoms with Gasteiger partial charge in [-0.3, -0.25) is 15.0 Å². The first-order chi connectivity index (χ1) is 13.6. The molecule has 2 atom stereocenters. The smallest absolute Gasteiger partial charge is 0.270 e. The molecule has 1 N–H and O–H groups in total. The van der Waals surface area contributed by atoms with Crippen LogP contribution in [0.4, 0.5) is 11.4 Å². The van der Waals surface area contributed by atoms with Gasteiger partial charge in [-0.05, 0) is 43.0 Å². The molecule has 7 heteroatoms. The molecule has 1 heterocycles. The van der Waals surface area contributed by atoms with Gasteiger partial charge in [-0.15, -0.1) is 0 Å². The summed E-state index contributed by atoms with van der Waals surface area (Å²) < 4.78 is 5.41. The van der Waals surface area contributed by atoms with Gasteiger partial charge in [0.1, 0.15) is 11.8 Å². The average molecular weight is 378 g/mol. The van der Waals surface area contributed by atoms with Gasteiger partial charge in [-0.2, -0.15) is 5.26 Å². The third-order valence-corrected chi connectivity index (χ3v) is 5.56. The van der Waals surface area contributed by atoms with Crippen LogP contribution < -0.4 is 10.1 Å². The summed E-state index contributed by atoms with van der Waals surface area (Å²) in [4.78, 5) is 13.1. The van der Waals surface area contributed by atoms with Gasteiger partial charge >= 0.3 is 0 Å². The summed E-state index contributed by atoms with van der Waals surface area (Å²) in [5, 5.41) is 24.0. The molecule has 0 amide bonds. The monoisotopic (exact) mass is 378 g/mol. The minimum Gasteiger partial charge on any atom is -0.497 e. The van der Waals surface area contributed by atoms with Crippen LogP contribution in [0.25, 0.3) is 0 Å². The number of nitro benzene ring substituents is 1. The Bertz CT molecular complexity index is 935. The number of nitrogens with zero attached hydrogens (tertiary/aromatic N) is 3. The first kappa shape index (κ1) is 18.3. The van der Waals surface area contributed by atoms with E-state index in [4.69, 9.17) is 4.74 Å². The Labute approximate surface area is 163 Å². The molecule has 0 aromatic heterocycles. The lowest BCUT2D eigenvalue weighted by molar-refractivity contribution is -0.384. The van der Waals surface area contributed by atoms with Crippen molar-refractivity contribution in [3.63, 3.8) is 0 Å². The van der Waals surface area contributed by atoms with Gasteiger partial charge in [0.25, 0.3) is 5.69 Å². The summed E-state index contributed by atoms with van der Waals surface area (Å²) in [6.45, 7) is 0.985. The second-order valence-corrected chi connectivity index (χ2v) is 7.33. The number of benzene rings is 2. The highest BCUT2D eigenvalue weighted by Gasteiger charge is 2.43. The van der Waals surface area contributed by atoms with E-state index in [2.05, 4.69) is 28.4 Å². The van der Waals surface area contributed by atoms with Gasteiger partial charge in [0.2, 0.25) is 0 Å². The van der Waals surface area contributed by atoms with E-state index < -0.39 is 4.92 Å². The Morgan fingerprint density at radius 1 is 1.25 bits per heavy atom. The standard InChI is InChI=1S/C21H22N4O3/c1-28-18-4-2-3-14(12-18)21-20(9-10-24(21)16-5-6-16)23-19-8-7-17(25(26)27)11-15(19)13-22/h2-4,7-8,11-12,16,20-21,23H,5-6,9-10H2,1H3. The topological polar surface area (TPSA) is 91.4 Å². The number of anilines is 1. The third kappa shape index (κ3) is 3.51. The molecule has 0 bridgehead atoms. The quantitative estimate of drug-likeness (QED) is 0.606. The number of nitrogens with one attached hydrogen (secondary N) is 1. The van der Waals surface area contributed by atoms with Crippen molar-refractivity contribution in [1.29, 1.82) is 5.26 Å². The molecule has 2 aliphatic rings. The molecule has 4 rings (SSSR count). The number of methoxy groups -OCH3 is 1. The lowest BCUT2D eigenvalue weighted by atomic mass is 9.98. The number of nitriles is 1. The van der Waals surface area contributed by atoms with Crippen LogP contribution in [0, 0.1) is 21.4 Å². The van der Waals surface area contributed by atoms with E-state index in [0.717, 1.165) is 18.7 Å². The van der Waals surface area contributed by atoms with Gasteiger partial charge < -0.3 is 10.1 Å². The number of rotatable bonds is 6. The van der Waals surface area contributed by atoms with Crippen LogP contribution in [-0.2, 0) is 0 Å². The van der Waals surface area contributed by atoms with Gasteiger partial charge in [0, 0.05) is 30.8 Å². The predicted octanol–water partition coefficient (Wildman–Crippen LogP) is 3.86. The maximum atomic E-state index is 11.0. The molecule has 2 aromatic carbocycles. The number of likely N-dealkylation sites (tertiary alicyclic amines) is 1. The summed E-state index contributed by atoms with van der Waals surface area (Å²) >= 11 is 0. The summed E-state index contributed by atoms with van der Waals surface area (Å²) in [5.74, 6) is 0.826. The van der Waals surface area contributed by atoms with Gasteiger partial charge in [0.15, 0.2) is 0 Å². The Hall–Kier alpha value is -3.11. The second-order valence-electron chi connectivity index (χ2n) is 7.33. The zero-order valence-electron chi connectivity index (χ0n) is 15.7. The van der Waals surface area contributed by atoms with Gasteiger partial charge in [-0.1, -0.05) is 12.1 Å². The molecular weight excluding hydrogens is 356 g/mol. The van der Waals surface area contributed by atoms with E-state index in [0.29, 0.717) is 17.3 Å².